The van der Waals surface area contributed by atoms with Crippen molar-refractivity contribution in [3.8, 4) is 0 Å². The van der Waals surface area contributed by atoms with Gasteiger partial charge in [0.25, 0.3) is 0 Å². The van der Waals surface area contributed by atoms with Gasteiger partial charge in [-0.25, -0.2) is 0 Å². The molecular formula is C27H38O3. The number of rotatable bonds is 7. The van der Waals surface area contributed by atoms with Crippen LogP contribution < -0.4 is 0 Å². The van der Waals surface area contributed by atoms with Crippen LogP contribution in [0.3, 0.4) is 0 Å². The fraction of sp³-hybridized carbons (Fsp3) is 0.481. The summed E-state index contributed by atoms with van der Waals surface area (Å²) in [5.41, 5.74) is 4.32. The van der Waals surface area contributed by atoms with Crippen molar-refractivity contribution in [3.63, 3.8) is 0 Å². The van der Waals surface area contributed by atoms with Crippen molar-refractivity contribution in [1.29, 1.82) is 0 Å². The van der Waals surface area contributed by atoms with Crippen LogP contribution in [0.4, 0.5) is 0 Å². The molecule has 3 nitrogen and oxygen atoms in total. The summed E-state index contributed by atoms with van der Waals surface area (Å²) in [6.07, 6.45) is 21.3. The molecule has 2 N–H and O–H groups in total. The lowest BCUT2D eigenvalue weighted by Crippen LogP contribution is -2.45. The van der Waals surface area contributed by atoms with Crippen molar-refractivity contribution >= 4 is 0 Å². The predicted molar refractivity (Wildman–Crippen MR) is 126 cm³/mol. The Balaban J connectivity index is 2.00. The summed E-state index contributed by atoms with van der Waals surface area (Å²) in [6, 6.07) is 0. The molecule has 0 aromatic rings. The Kier molecular flexibility index (Phi) is 8.42. The molecule has 3 heteroatoms. The van der Waals surface area contributed by atoms with Gasteiger partial charge in [0.1, 0.15) is 0 Å². The molecule has 0 bridgehead atoms. The third kappa shape index (κ3) is 6.53. The summed E-state index contributed by atoms with van der Waals surface area (Å²) < 4.78 is 6.40. The van der Waals surface area contributed by atoms with Gasteiger partial charge in [0.15, 0.2) is 0 Å². The minimum atomic E-state index is -0.372. The van der Waals surface area contributed by atoms with Crippen molar-refractivity contribution in [2.75, 3.05) is 6.61 Å². The first-order chi connectivity index (χ1) is 14.1. The van der Waals surface area contributed by atoms with E-state index in [0.717, 1.165) is 23.1 Å². The highest BCUT2D eigenvalue weighted by Gasteiger charge is 2.50. The lowest BCUT2D eigenvalue weighted by Gasteiger charge is -2.44. The highest BCUT2D eigenvalue weighted by atomic mass is 16.5. The van der Waals surface area contributed by atoms with Crippen LogP contribution in [0.5, 0.6) is 0 Å². The summed E-state index contributed by atoms with van der Waals surface area (Å²) in [4.78, 5) is 0. The SMILES string of the molecule is C/C(=C/C=C/C(C)=C/C=C/C=C(C)/C=C/CO)[C@H]1C=C2C(C)(C)C[C@H](O)C[C@@]2(C)O1. The molecule has 1 heterocycles. The Morgan fingerprint density at radius 2 is 1.63 bits per heavy atom. The lowest BCUT2D eigenvalue weighted by atomic mass is 9.65. The minimum Gasteiger partial charge on any atom is -0.393 e. The van der Waals surface area contributed by atoms with Crippen molar-refractivity contribution in [2.45, 2.75) is 72.2 Å². The molecule has 0 amide bonds. The quantitative estimate of drug-likeness (QED) is 0.415. The lowest BCUT2D eigenvalue weighted by molar-refractivity contribution is -0.0683. The number of hydrogen-bond acceptors (Lipinski definition) is 3. The minimum absolute atomic E-state index is 0.0381. The summed E-state index contributed by atoms with van der Waals surface area (Å²) >= 11 is 0. The number of fused-ring (bicyclic) bond motifs is 1. The zero-order valence-corrected chi connectivity index (χ0v) is 19.4. The molecule has 0 aromatic carbocycles. The van der Waals surface area contributed by atoms with E-state index in [0.29, 0.717) is 6.42 Å². The Bertz CT molecular complexity index is 817. The predicted octanol–water partition coefficient (Wildman–Crippen LogP) is 5.75. The van der Waals surface area contributed by atoms with Crippen LogP contribution >= 0.6 is 0 Å². The van der Waals surface area contributed by atoms with Crippen molar-refractivity contribution in [2.24, 2.45) is 5.41 Å². The van der Waals surface area contributed by atoms with E-state index >= 15 is 0 Å². The smallest absolute Gasteiger partial charge is 0.0982 e. The molecule has 1 aliphatic heterocycles. The van der Waals surface area contributed by atoms with Gasteiger partial charge < -0.3 is 14.9 Å². The van der Waals surface area contributed by atoms with Crippen molar-refractivity contribution < 1.29 is 14.9 Å². The third-order valence-corrected chi connectivity index (χ3v) is 5.86. The number of aliphatic hydroxyl groups excluding tert-OH is 2. The monoisotopic (exact) mass is 410 g/mol. The normalized spacial score (nSPS) is 30.5. The Morgan fingerprint density at radius 1 is 1.00 bits per heavy atom. The van der Waals surface area contributed by atoms with E-state index in [4.69, 9.17) is 9.84 Å². The highest BCUT2D eigenvalue weighted by Crippen LogP contribution is 2.51. The van der Waals surface area contributed by atoms with Gasteiger partial charge in [-0.2, -0.15) is 0 Å². The third-order valence-electron chi connectivity index (χ3n) is 5.86. The maximum atomic E-state index is 10.3. The maximum Gasteiger partial charge on any atom is 0.0982 e. The largest absolute Gasteiger partial charge is 0.393 e. The van der Waals surface area contributed by atoms with Crippen molar-refractivity contribution in [3.05, 3.63) is 83.1 Å². The second-order valence-corrected chi connectivity index (χ2v) is 9.36. The molecule has 1 aliphatic carbocycles. The topological polar surface area (TPSA) is 49.7 Å². The highest BCUT2D eigenvalue weighted by molar-refractivity contribution is 5.37. The second kappa shape index (κ2) is 10.4. The van der Waals surface area contributed by atoms with Gasteiger partial charge in [0.05, 0.1) is 24.4 Å². The summed E-state index contributed by atoms with van der Waals surface area (Å²) in [7, 11) is 0. The first kappa shape index (κ1) is 24.3. The van der Waals surface area contributed by atoms with E-state index in [2.05, 4.69) is 65.0 Å². The molecule has 1 fully saturated rings. The van der Waals surface area contributed by atoms with E-state index in [-0.39, 0.29) is 29.8 Å². The molecule has 30 heavy (non-hydrogen) atoms. The molecule has 0 radical (unpaired) electrons. The van der Waals surface area contributed by atoms with Crippen LogP contribution in [0, 0.1) is 5.41 Å². The molecule has 0 unspecified atom stereocenters. The Morgan fingerprint density at radius 3 is 2.27 bits per heavy atom. The van der Waals surface area contributed by atoms with Crippen LogP contribution in [-0.2, 0) is 4.74 Å². The van der Waals surface area contributed by atoms with Crippen LogP contribution in [0.15, 0.2) is 83.1 Å². The fourth-order valence-electron chi connectivity index (χ4n) is 4.46. The standard InChI is InChI=1S/C27H38O3/c1-20(11-7-8-12-21(2)14-10-16-28)13-9-15-22(3)24-17-25-26(4,5)18-23(29)19-27(25,6)30-24/h7-15,17,23-24,28-29H,16,18-19H2,1-6H3/b8-7+,13-9+,14-10+,20-11+,21-12+,22-15-/t23-,24+,27+/m0/s1. The molecule has 2 aliphatic rings. The van der Waals surface area contributed by atoms with Gasteiger partial charge >= 0.3 is 0 Å². The zero-order chi connectivity index (χ0) is 22.4. The average molecular weight is 411 g/mol. The second-order valence-electron chi connectivity index (χ2n) is 9.36. The molecule has 0 aromatic heterocycles. The van der Waals surface area contributed by atoms with Gasteiger partial charge in [0.2, 0.25) is 0 Å². The molecule has 2 rings (SSSR count). The molecular weight excluding hydrogens is 372 g/mol. The summed E-state index contributed by atoms with van der Waals surface area (Å²) in [5.74, 6) is 0. The van der Waals surface area contributed by atoms with Crippen LogP contribution in [0.2, 0.25) is 0 Å². The molecule has 1 saturated carbocycles. The van der Waals surface area contributed by atoms with Crippen LogP contribution in [0.25, 0.3) is 0 Å². The summed E-state index contributed by atoms with van der Waals surface area (Å²) in [6.45, 7) is 12.7. The van der Waals surface area contributed by atoms with E-state index in [1.54, 1.807) is 6.08 Å². The van der Waals surface area contributed by atoms with Gasteiger partial charge in [0, 0.05) is 6.42 Å². The van der Waals surface area contributed by atoms with Gasteiger partial charge in [-0.3, -0.25) is 0 Å². The maximum absolute atomic E-state index is 10.3. The number of ether oxygens (including phenoxy) is 1. The molecule has 3 atom stereocenters. The van der Waals surface area contributed by atoms with Gasteiger partial charge in [-0.1, -0.05) is 79.7 Å². The first-order valence-corrected chi connectivity index (χ1v) is 10.8. The van der Waals surface area contributed by atoms with Crippen LogP contribution in [0.1, 0.15) is 54.4 Å². The molecule has 0 spiro atoms. The number of aliphatic hydroxyl groups is 2. The van der Waals surface area contributed by atoms with E-state index < -0.39 is 0 Å². The summed E-state index contributed by atoms with van der Waals surface area (Å²) in [5, 5.41) is 19.1. The molecule has 0 saturated heterocycles. The zero-order valence-electron chi connectivity index (χ0n) is 19.4. The van der Waals surface area contributed by atoms with Crippen molar-refractivity contribution in [1.82, 2.24) is 0 Å². The number of allylic oxidation sites excluding steroid dienone is 10. The van der Waals surface area contributed by atoms with Gasteiger partial charge in [-0.05, 0) is 56.8 Å². The van der Waals surface area contributed by atoms with E-state index in [1.165, 1.54) is 5.57 Å². The van der Waals surface area contributed by atoms with Gasteiger partial charge in [-0.15, -0.1) is 0 Å². The van der Waals surface area contributed by atoms with E-state index in [1.807, 2.05) is 31.2 Å². The Hall–Kier alpha value is -1.94. The average Bonchev–Trinajstić information content (AvgIpc) is 3.01. The first-order valence-electron chi connectivity index (χ1n) is 10.8. The fourth-order valence-corrected chi connectivity index (χ4v) is 4.46. The molecule has 164 valence electrons. The van der Waals surface area contributed by atoms with E-state index in [9.17, 15) is 5.11 Å². The Labute approximate surface area is 182 Å². The van der Waals surface area contributed by atoms with Crippen LogP contribution in [-0.4, -0.2) is 34.6 Å². The number of hydrogen-bond donors (Lipinski definition) is 2.